The Morgan fingerprint density at radius 1 is 1.37 bits per heavy atom. The number of benzene rings is 1. The average molecular weight is 288 g/mol. The van der Waals surface area contributed by atoms with Crippen LogP contribution in [0.2, 0.25) is 0 Å². The minimum Gasteiger partial charge on any atom is -0.465 e. The van der Waals surface area contributed by atoms with Crippen LogP contribution in [-0.4, -0.2) is 27.8 Å². The summed E-state index contributed by atoms with van der Waals surface area (Å²) >= 11 is 0. The normalized spacial score (nSPS) is 11.4. The Kier molecular flexibility index (Phi) is 5.05. The smallest absolute Gasteiger partial charge is 0.340 e. The standard InChI is InChI=1S/C13H17FO4S/c1-4-5-6-9-7-11(14)10(13(15)18-2)8-12(9)19(3,16)17/h7-8H,4-6H2,1-3H3. The van der Waals surface area contributed by atoms with Gasteiger partial charge in [-0.3, -0.25) is 0 Å². The second-order valence-electron chi connectivity index (χ2n) is 4.31. The number of hydrogen-bond donors (Lipinski definition) is 0. The van der Waals surface area contributed by atoms with Crippen LogP contribution in [0.15, 0.2) is 17.0 Å². The molecule has 106 valence electrons. The van der Waals surface area contributed by atoms with E-state index in [4.69, 9.17) is 0 Å². The summed E-state index contributed by atoms with van der Waals surface area (Å²) in [5.74, 6) is -1.64. The predicted octanol–water partition coefficient (Wildman–Crippen LogP) is 2.36. The molecule has 0 aromatic heterocycles. The third kappa shape index (κ3) is 3.76. The highest BCUT2D eigenvalue weighted by atomic mass is 32.2. The van der Waals surface area contributed by atoms with E-state index in [-0.39, 0.29) is 10.5 Å². The van der Waals surface area contributed by atoms with Crippen molar-refractivity contribution in [3.8, 4) is 0 Å². The van der Waals surface area contributed by atoms with E-state index in [9.17, 15) is 17.6 Å². The van der Waals surface area contributed by atoms with Crippen molar-refractivity contribution in [2.24, 2.45) is 0 Å². The lowest BCUT2D eigenvalue weighted by Gasteiger charge is -2.10. The van der Waals surface area contributed by atoms with Gasteiger partial charge in [-0.25, -0.2) is 17.6 Å². The molecule has 19 heavy (non-hydrogen) atoms. The Bertz CT molecular complexity index is 579. The van der Waals surface area contributed by atoms with E-state index in [2.05, 4.69) is 4.74 Å². The van der Waals surface area contributed by atoms with E-state index in [0.717, 1.165) is 38.3 Å². The number of esters is 1. The summed E-state index contributed by atoms with van der Waals surface area (Å²) in [5, 5.41) is 0. The fourth-order valence-corrected chi connectivity index (χ4v) is 2.74. The summed E-state index contributed by atoms with van der Waals surface area (Å²) in [6, 6.07) is 2.17. The molecule has 4 nitrogen and oxygen atoms in total. The molecule has 6 heteroatoms. The van der Waals surface area contributed by atoms with Crippen molar-refractivity contribution in [1.29, 1.82) is 0 Å². The highest BCUT2D eigenvalue weighted by Gasteiger charge is 2.21. The lowest BCUT2D eigenvalue weighted by atomic mass is 10.1. The van der Waals surface area contributed by atoms with Gasteiger partial charge < -0.3 is 4.74 Å². The number of methoxy groups -OCH3 is 1. The van der Waals surface area contributed by atoms with Gasteiger partial charge in [-0.1, -0.05) is 13.3 Å². The van der Waals surface area contributed by atoms with Gasteiger partial charge >= 0.3 is 5.97 Å². The summed E-state index contributed by atoms with van der Waals surface area (Å²) in [5.41, 5.74) is 0.0395. The molecule has 0 bridgehead atoms. The monoisotopic (exact) mass is 288 g/mol. The second kappa shape index (κ2) is 6.14. The van der Waals surface area contributed by atoms with Crippen molar-refractivity contribution >= 4 is 15.8 Å². The average Bonchev–Trinajstić information content (AvgIpc) is 2.33. The lowest BCUT2D eigenvalue weighted by molar-refractivity contribution is 0.0595. The zero-order valence-corrected chi connectivity index (χ0v) is 12.0. The molecule has 0 N–H and O–H groups in total. The van der Waals surface area contributed by atoms with Gasteiger partial charge in [0.15, 0.2) is 9.84 Å². The molecular formula is C13H17FO4S. The van der Waals surface area contributed by atoms with Gasteiger partial charge in [-0.05, 0) is 30.5 Å². The maximum Gasteiger partial charge on any atom is 0.340 e. The van der Waals surface area contributed by atoms with E-state index in [1.807, 2.05) is 6.92 Å². The lowest BCUT2D eigenvalue weighted by Crippen LogP contribution is -2.10. The third-order valence-electron chi connectivity index (χ3n) is 2.75. The van der Waals surface area contributed by atoms with E-state index in [0.29, 0.717) is 12.0 Å². The largest absolute Gasteiger partial charge is 0.465 e. The number of unbranched alkanes of at least 4 members (excludes halogenated alkanes) is 1. The van der Waals surface area contributed by atoms with Crippen LogP contribution in [0.25, 0.3) is 0 Å². The zero-order chi connectivity index (χ0) is 14.6. The van der Waals surface area contributed by atoms with Crippen LogP contribution in [0.4, 0.5) is 4.39 Å². The van der Waals surface area contributed by atoms with Crippen LogP contribution in [-0.2, 0) is 21.0 Å². The van der Waals surface area contributed by atoms with E-state index in [1.54, 1.807) is 0 Å². The van der Waals surface area contributed by atoms with Gasteiger partial charge in [-0.2, -0.15) is 0 Å². The van der Waals surface area contributed by atoms with Crippen molar-refractivity contribution < 1.29 is 22.3 Å². The van der Waals surface area contributed by atoms with Gasteiger partial charge in [0.1, 0.15) is 5.82 Å². The van der Waals surface area contributed by atoms with Crippen LogP contribution in [0.3, 0.4) is 0 Å². The molecule has 0 saturated carbocycles. The summed E-state index contributed by atoms with van der Waals surface area (Å²) < 4.78 is 41.7. The fraction of sp³-hybridized carbons (Fsp3) is 0.462. The summed E-state index contributed by atoms with van der Waals surface area (Å²) in [6.07, 6.45) is 3.11. The molecule has 0 aliphatic heterocycles. The van der Waals surface area contributed by atoms with E-state index >= 15 is 0 Å². The number of aryl methyl sites for hydroxylation is 1. The number of halogens is 1. The number of hydrogen-bond acceptors (Lipinski definition) is 4. The van der Waals surface area contributed by atoms with Crippen molar-refractivity contribution in [1.82, 2.24) is 0 Å². The molecule has 0 unspecified atom stereocenters. The SMILES string of the molecule is CCCCc1cc(F)c(C(=O)OC)cc1S(C)(=O)=O. The summed E-state index contributed by atoms with van der Waals surface area (Å²) in [4.78, 5) is 11.4. The predicted molar refractivity (Wildman–Crippen MR) is 69.5 cm³/mol. The quantitative estimate of drug-likeness (QED) is 0.616. The molecule has 0 aliphatic rings. The van der Waals surface area contributed by atoms with Crippen molar-refractivity contribution in [3.05, 3.63) is 29.1 Å². The molecule has 0 saturated heterocycles. The molecule has 0 heterocycles. The molecule has 1 aromatic rings. The van der Waals surface area contributed by atoms with E-state index < -0.39 is 21.6 Å². The number of carbonyl (C=O) groups excluding carboxylic acids is 1. The minimum absolute atomic E-state index is 0.0113. The number of sulfone groups is 1. The molecule has 0 spiro atoms. The third-order valence-corrected chi connectivity index (χ3v) is 3.93. The highest BCUT2D eigenvalue weighted by molar-refractivity contribution is 7.90. The molecule has 0 radical (unpaired) electrons. The minimum atomic E-state index is -3.52. The molecule has 0 amide bonds. The first-order valence-electron chi connectivity index (χ1n) is 5.92. The Morgan fingerprint density at radius 3 is 2.47 bits per heavy atom. The topological polar surface area (TPSA) is 60.4 Å². The Balaban J connectivity index is 3.41. The Labute approximate surface area is 112 Å². The molecule has 0 atom stereocenters. The van der Waals surface area contributed by atoms with Crippen molar-refractivity contribution in [2.45, 2.75) is 31.1 Å². The zero-order valence-electron chi connectivity index (χ0n) is 11.2. The highest BCUT2D eigenvalue weighted by Crippen LogP contribution is 2.23. The number of ether oxygens (including phenoxy) is 1. The van der Waals surface area contributed by atoms with Gasteiger partial charge in [-0.15, -0.1) is 0 Å². The first-order chi connectivity index (χ1) is 8.81. The van der Waals surface area contributed by atoms with Gasteiger partial charge in [0, 0.05) is 6.26 Å². The van der Waals surface area contributed by atoms with Crippen LogP contribution in [0, 0.1) is 5.82 Å². The first-order valence-corrected chi connectivity index (χ1v) is 7.81. The van der Waals surface area contributed by atoms with E-state index in [1.165, 1.54) is 0 Å². The van der Waals surface area contributed by atoms with Gasteiger partial charge in [0.25, 0.3) is 0 Å². The van der Waals surface area contributed by atoms with Crippen molar-refractivity contribution in [2.75, 3.05) is 13.4 Å². The van der Waals surface area contributed by atoms with Gasteiger partial charge in [0.2, 0.25) is 0 Å². The first kappa shape index (κ1) is 15.6. The second-order valence-corrected chi connectivity index (χ2v) is 6.29. The summed E-state index contributed by atoms with van der Waals surface area (Å²) in [7, 11) is -2.40. The van der Waals surface area contributed by atoms with Crippen molar-refractivity contribution in [3.63, 3.8) is 0 Å². The number of carbonyl (C=O) groups is 1. The fourth-order valence-electron chi connectivity index (χ4n) is 1.77. The maximum absolute atomic E-state index is 13.8. The van der Waals surface area contributed by atoms with Crippen LogP contribution >= 0.6 is 0 Å². The van der Waals surface area contributed by atoms with Crippen LogP contribution in [0.1, 0.15) is 35.7 Å². The molecule has 0 fully saturated rings. The van der Waals surface area contributed by atoms with Crippen LogP contribution in [0.5, 0.6) is 0 Å². The Morgan fingerprint density at radius 2 is 2.00 bits per heavy atom. The Hall–Kier alpha value is -1.43. The van der Waals surface area contributed by atoms with Crippen LogP contribution < -0.4 is 0 Å². The summed E-state index contributed by atoms with van der Waals surface area (Å²) in [6.45, 7) is 1.96. The maximum atomic E-state index is 13.8. The molecular weight excluding hydrogens is 271 g/mol. The number of rotatable bonds is 5. The molecule has 0 aliphatic carbocycles. The molecule has 1 aromatic carbocycles. The molecule has 1 rings (SSSR count). The van der Waals surface area contributed by atoms with Gasteiger partial charge in [0.05, 0.1) is 17.6 Å².